The van der Waals surface area contributed by atoms with Crippen molar-refractivity contribution in [2.75, 3.05) is 13.2 Å². The lowest BCUT2D eigenvalue weighted by atomic mass is 10.0. The van der Waals surface area contributed by atoms with Crippen LogP contribution in [0.5, 0.6) is 0 Å². The molecular weight excluding hydrogens is 338 g/mol. The van der Waals surface area contributed by atoms with Gasteiger partial charge in [0, 0.05) is 36.5 Å². The monoisotopic (exact) mass is 363 g/mol. The maximum atomic E-state index is 12.9. The largest absolute Gasteiger partial charge is 0.379 e. The van der Waals surface area contributed by atoms with Gasteiger partial charge in [0.1, 0.15) is 0 Å². The van der Waals surface area contributed by atoms with Crippen molar-refractivity contribution >= 4 is 16.8 Å². The highest BCUT2D eigenvalue weighted by Gasteiger charge is 2.14. The normalized spacial score (nSPS) is 11.1. The highest BCUT2D eigenvalue weighted by Crippen LogP contribution is 2.25. The average Bonchev–Trinajstić information content (AvgIpc) is 2.67. The third-order valence-electron chi connectivity index (χ3n) is 4.22. The van der Waals surface area contributed by atoms with Gasteiger partial charge in [0.15, 0.2) is 0 Å². The van der Waals surface area contributed by atoms with Crippen LogP contribution < -0.4 is 5.32 Å². The first-order chi connectivity index (χ1) is 13.0. The zero-order valence-electron chi connectivity index (χ0n) is 16.0. The maximum Gasteiger partial charge on any atom is 0.252 e. The number of aryl methyl sites for hydroxylation is 1. The van der Waals surface area contributed by atoms with Gasteiger partial charge in [-0.3, -0.25) is 9.78 Å². The Balaban J connectivity index is 1.88. The molecule has 0 bridgehead atoms. The number of pyridine rings is 2. The Morgan fingerprint density at radius 3 is 2.81 bits per heavy atom. The first-order valence-electron chi connectivity index (χ1n) is 9.26. The number of benzene rings is 1. The van der Waals surface area contributed by atoms with Gasteiger partial charge >= 0.3 is 0 Å². The van der Waals surface area contributed by atoms with E-state index in [2.05, 4.69) is 10.3 Å². The van der Waals surface area contributed by atoms with Crippen LogP contribution in [0, 0.1) is 6.92 Å². The number of fused-ring (bicyclic) bond motifs is 1. The summed E-state index contributed by atoms with van der Waals surface area (Å²) in [5.74, 6) is -0.0947. The van der Waals surface area contributed by atoms with Crippen LogP contribution in [0.15, 0.2) is 48.8 Å². The summed E-state index contributed by atoms with van der Waals surface area (Å²) in [7, 11) is 0. The smallest absolute Gasteiger partial charge is 0.252 e. The third-order valence-corrected chi connectivity index (χ3v) is 4.22. The fourth-order valence-corrected chi connectivity index (χ4v) is 2.88. The zero-order valence-corrected chi connectivity index (χ0v) is 16.0. The Labute approximate surface area is 159 Å². The van der Waals surface area contributed by atoms with E-state index in [-0.39, 0.29) is 12.0 Å². The van der Waals surface area contributed by atoms with Gasteiger partial charge in [0.2, 0.25) is 0 Å². The van der Waals surface area contributed by atoms with Gasteiger partial charge in [0.25, 0.3) is 5.91 Å². The second kappa shape index (κ2) is 8.73. The summed E-state index contributed by atoms with van der Waals surface area (Å²) < 4.78 is 5.52. The molecule has 2 heterocycles. The number of rotatable bonds is 7. The van der Waals surface area contributed by atoms with Gasteiger partial charge in [0.05, 0.1) is 22.9 Å². The van der Waals surface area contributed by atoms with Crippen molar-refractivity contribution in [2.45, 2.75) is 33.3 Å². The minimum Gasteiger partial charge on any atom is -0.379 e. The summed E-state index contributed by atoms with van der Waals surface area (Å²) >= 11 is 0. The van der Waals surface area contributed by atoms with Crippen molar-refractivity contribution in [2.24, 2.45) is 0 Å². The molecule has 0 saturated carbocycles. The van der Waals surface area contributed by atoms with E-state index >= 15 is 0 Å². The van der Waals surface area contributed by atoms with Crippen LogP contribution in [-0.4, -0.2) is 35.1 Å². The van der Waals surface area contributed by atoms with Crippen LogP contribution in [0.4, 0.5) is 0 Å². The summed E-state index contributed by atoms with van der Waals surface area (Å²) in [6.45, 7) is 7.23. The molecule has 3 rings (SSSR count). The Morgan fingerprint density at radius 2 is 2.07 bits per heavy atom. The number of hydrogen-bond donors (Lipinski definition) is 1. The molecule has 5 heteroatoms. The minimum absolute atomic E-state index is 0.0947. The molecule has 5 nitrogen and oxygen atoms in total. The summed E-state index contributed by atoms with van der Waals surface area (Å²) in [6.07, 6.45) is 4.46. The second-order valence-electron chi connectivity index (χ2n) is 6.85. The van der Waals surface area contributed by atoms with Gasteiger partial charge in [-0.25, -0.2) is 4.98 Å². The number of aromatic nitrogens is 2. The summed E-state index contributed by atoms with van der Waals surface area (Å²) in [6, 6.07) is 11.6. The molecular formula is C22H25N3O2. The van der Waals surface area contributed by atoms with E-state index in [1.54, 1.807) is 12.4 Å². The van der Waals surface area contributed by atoms with E-state index < -0.39 is 0 Å². The molecule has 0 radical (unpaired) electrons. The second-order valence-corrected chi connectivity index (χ2v) is 6.85. The molecule has 0 aliphatic heterocycles. The van der Waals surface area contributed by atoms with Gasteiger partial charge in [-0.1, -0.05) is 11.6 Å². The van der Waals surface area contributed by atoms with Crippen molar-refractivity contribution < 1.29 is 9.53 Å². The van der Waals surface area contributed by atoms with E-state index in [4.69, 9.17) is 9.72 Å². The van der Waals surface area contributed by atoms with E-state index in [9.17, 15) is 4.79 Å². The quantitative estimate of drug-likeness (QED) is 0.641. The molecule has 27 heavy (non-hydrogen) atoms. The molecule has 140 valence electrons. The molecule has 1 aromatic carbocycles. The van der Waals surface area contributed by atoms with Gasteiger partial charge < -0.3 is 10.1 Å². The number of nitrogens with zero attached hydrogens (tertiary/aromatic N) is 2. The van der Waals surface area contributed by atoms with E-state index in [0.717, 1.165) is 34.1 Å². The first kappa shape index (κ1) is 19.0. The Hall–Kier alpha value is -2.79. The molecule has 0 fully saturated rings. The van der Waals surface area contributed by atoms with E-state index in [1.807, 2.05) is 57.2 Å². The fraction of sp³-hybridized carbons (Fsp3) is 0.318. The van der Waals surface area contributed by atoms with Gasteiger partial charge in [-0.15, -0.1) is 0 Å². The lowest BCUT2D eigenvalue weighted by Crippen LogP contribution is -2.26. The molecule has 2 aromatic heterocycles. The minimum atomic E-state index is -0.0947. The highest BCUT2D eigenvalue weighted by atomic mass is 16.5. The SMILES string of the molecule is Cc1ccc2nc(-c3cccnc3)cc(C(=O)NCCCOC(C)C)c2c1. The number of carbonyl (C=O) groups excluding carboxylic acids is 1. The molecule has 0 saturated heterocycles. The first-order valence-corrected chi connectivity index (χ1v) is 9.26. The lowest BCUT2D eigenvalue weighted by Gasteiger charge is -2.12. The fourth-order valence-electron chi connectivity index (χ4n) is 2.88. The van der Waals surface area contributed by atoms with Crippen LogP contribution in [0.2, 0.25) is 0 Å². The molecule has 0 spiro atoms. The van der Waals surface area contributed by atoms with Gasteiger partial charge in [-0.05, 0) is 57.5 Å². The van der Waals surface area contributed by atoms with Crippen LogP contribution in [0.25, 0.3) is 22.2 Å². The predicted molar refractivity (Wildman–Crippen MR) is 108 cm³/mol. The van der Waals surface area contributed by atoms with E-state index in [1.165, 1.54) is 0 Å². The van der Waals surface area contributed by atoms with Crippen molar-refractivity contribution in [3.8, 4) is 11.3 Å². The number of amides is 1. The number of carbonyl (C=O) groups is 1. The van der Waals surface area contributed by atoms with Crippen LogP contribution in [0.1, 0.15) is 36.2 Å². The summed E-state index contributed by atoms with van der Waals surface area (Å²) in [5.41, 5.74) is 4.16. The van der Waals surface area contributed by atoms with Crippen LogP contribution in [0.3, 0.4) is 0 Å². The third kappa shape index (κ3) is 4.89. The van der Waals surface area contributed by atoms with Crippen molar-refractivity contribution in [3.05, 3.63) is 59.9 Å². The number of nitrogens with one attached hydrogen (secondary N) is 1. The predicted octanol–water partition coefficient (Wildman–Crippen LogP) is 4.15. The maximum absolute atomic E-state index is 12.9. The van der Waals surface area contributed by atoms with Crippen LogP contribution in [-0.2, 0) is 4.74 Å². The number of ether oxygens (including phenoxy) is 1. The van der Waals surface area contributed by atoms with Gasteiger partial charge in [-0.2, -0.15) is 0 Å². The highest BCUT2D eigenvalue weighted by molar-refractivity contribution is 6.07. The Kier molecular flexibility index (Phi) is 6.14. The Bertz CT molecular complexity index is 923. The van der Waals surface area contributed by atoms with Crippen molar-refractivity contribution in [1.82, 2.24) is 15.3 Å². The van der Waals surface area contributed by atoms with Crippen molar-refractivity contribution in [3.63, 3.8) is 0 Å². The summed E-state index contributed by atoms with van der Waals surface area (Å²) in [4.78, 5) is 21.7. The standard InChI is InChI=1S/C22H25N3O2/c1-15(2)27-11-5-10-24-22(26)19-13-21(17-6-4-9-23-14-17)25-20-8-7-16(3)12-18(19)20/h4,6-9,12-15H,5,10-11H2,1-3H3,(H,24,26). The molecule has 3 aromatic rings. The molecule has 0 atom stereocenters. The molecule has 1 amide bonds. The topological polar surface area (TPSA) is 64.1 Å². The lowest BCUT2D eigenvalue weighted by molar-refractivity contribution is 0.0757. The number of hydrogen-bond acceptors (Lipinski definition) is 4. The molecule has 1 N–H and O–H groups in total. The van der Waals surface area contributed by atoms with Crippen LogP contribution >= 0.6 is 0 Å². The molecule has 0 unspecified atom stereocenters. The zero-order chi connectivity index (χ0) is 19.2. The van der Waals surface area contributed by atoms with E-state index in [0.29, 0.717) is 18.7 Å². The Morgan fingerprint density at radius 1 is 1.22 bits per heavy atom. The van der Waals surface area contributed by atoms with Crippen molar-refractivity contribution in [1.29, 1.82) is 0 Å². The average molecular weight is 363 g/mol. The summed E-state index contributed by atoms with van der Waals surface area (Å²) in [5, 5.41) is 3.86. The molecule has 0 aliphatic carbocycles. The molecule has 0 aliphatic rings.